The average Bonchev–Trinajstić information content (AvgIpc) is 2.75. The summed E-state index contributed by atoms with van der Waals surface area (Å²) in [6.07, 6.45) is 1.80. The summed E-state index contributed by atoms with van der Waals surface area (Å²) < 4.78 is 5.41. The van der Waals surface area contributed by atoms with Gasteiger partial charge in [-0.1, -0.05) is 11.8 Å². The summed E-state index contributed by atoms with van der Waals surface area (Å²) in [4.78, 5) is 13.6. The molecule has 104 valence electrons. The molecule has 5 nitrogen and oxygen atoms in total. The first kappa shape index (κ1) is 13.1. The molecule has 20 heavy (non-hydrogen) atoms. The molecular weight excluding hydrogens is 274 g/mol. The first-order chi connectivity index (χ1) is 9.69. The number of carbonyl (C=O) groups excluding carboxylic acids is 1. The fourth-order valence-corrected chi connectivity index (χ4v) is 2.94. The lowest BCUT2D eigenvalue weighted by atomic mass is 10.1. The summed E-state index contributed by atoms with van der Waals surface area (Å²) in [7, 11) is 0. The van der Waals surface area contributed by atoms with Gasteiger partial charge >= 0.3 is 0 Å². The molecule has 1 atom stereocenters. The van der Waals surface area contributed by atoms with Crippen LogP contribution in [-0.4, -0.2) is 27.8 Å². The Hall–Kier alpha value is -1.95. The Labute approximate surface area is 121 Å². The molecule has 0 aromatic heterocycles. The molecular formula is C14H15N3O2S. The predicted molar refractivity (Wildman–Crippen MR) is 80.1 cm³/mol. The molecule has 1 aromatic carbocycles. The van der Waals surface area contributed by atoms with Crippen molar-refractivity contribution in [1.82, 2.24) is 10.3 Å². The van der Waals surface area contributed by atoms with Gasteiger partial charge < -0.3 is 4.74 Å². The van der Waals surface area contributed by atoms with Crippen LogP contribution in [0.15, 0.2) is 35.6 Å². The zero-order valence-electron chi connectivity index (χ0n) is 11.3. The van der Waals surface area contributed by atoms with E-state index >= 15 is 0 Å². The Morgan fingerprint density at radius 2 is 2.15 bits per heavy atom. The highest BCUT2D eigenvalue weighted by Crippen LogP contribution is 2.30. The molecule has 2 aliphatic rings. The monoisotopic (exact) mass is 289 g/mol. The maximum atomic E-state index is 12.0. The fraction of sp³-hybridized carbons (Fsp3) is 0.286. The van der Waals surface area contributed by atoms with E-state index in [1.54, 1.807) is 11.1 Å². The minimum Gasteiger partial charge on any atom is -0.494 e. The Morgan fingerprint density at radius 1 is 1.40 bits per heavy atom. The van der Waals surface area contributed by atoms with Crippen LogP contribution in [0, 0.1) is 0 Å². The molecule has 2 heterocycles. The van der Waals surface area contributed by atoms with E-state index in [0.29, 0.717) is 11.8 Å². The van der Waals surface area contributed by atoms with Gasteiger partial charge in [0.05, 0.1) is 17.6 Å². The molecule has 1 amide bonds. The highest BCUT2D eigenvalue weighted by Gasteiger charge is 2.36. The highest BCUT2D eigenvalue weighted by molar-refractivity contribution is 8.15. The Morgan fingerprint density at radius 3 is 2.85 bits per heavy atom. The third-order valence-electron chi connectivity index (χ3n) is 3.08. The van der Waals surface area contributed by atoms with Crippen LogP contribution >= 0.6 is 11.8 Å². The smallest absolute Gasteiger partial charge is 0.246 e. The molecule has 6 heteroatoms. The van der Waals surface area contributed by atoms with Crippen LogP contribution < -0.4 is 10.2 Å². The summed E-state index contributed by atoms with van der Waals surface area (Å²) in [5.74, 6) is 0.900. The zero-order valence-corrected chi connectivity index (χ0v) is 12.1. The van der Waals surface area contributed by atoms with Crippen LogP contribution in [0.4, 0.5) is 0 Å². The quantitative estimate of drug-likeness (QED) is 0.927. The van der Waals surface area contributed by atoms with E-state index in [9.17, 15) is 4.79 Å². The van der Waals surface area contributed by atoms with E-state index in [1.165, 1.54) is 11.8 Å². The standard InChI is InChI=1S/C14H15N3O2S/c1-3-19-11-6-4-10(5-7-11)12-8-17-13(18)9(2)20-14(17)16-15-12/h4-9,15H,3H2,1-2H3. The minimum absolute atomic E-state index is 0.0682. The van der Waals surface area contributed by atoms with Gasteiger partial charge in [0.1, 0.15) is 5.75 Å². The van der Waals surface area contributed by atoms with Gasteiger partial charge in [0.15, 0.2) is 5.17 Å². The summed E-state index contributed by atoms with van der Waals surface area (Å²) in [6, 6.07) is 7.70. The number of hydrogen-bond donors (Lipinski definition) is 1. The minimum atomic E-state index is -0.0773. The van der Waals surface area contributed by atoms with Gasteiger partial charge in [-0.05, 0) is 38.1 Å². The molecule has 3 rings (SSSR count). The van der Waals surface area contributed by atoms with Crippen LogP contribution in [0.2, 0.25) is 0 Å². The van der Waals surface area contributed by atoms with Gasteiger partial charge in [0, 0.05) is 11.8 Å². The molecule has 0 aliphatic carbocycles. The maximum Gasteiger partial charge on any atom is 0.246 e. The molecule has 0 saturated carbocycles. The number of rotatable bonds is 3. The van der Waals surface area contributed by atoms with E-state index in [0.717, 1.165) is 17.0 Å². The van der Waals surface area contributed by atoms with Gasteiger partial charge in [0.25, 0.3) is 0 Å². The van der Waals surface area contributed by atoms with Gasteiger partial charge in [-0.3, -0.25) is 15.1 Å². The van der Waals surface area contributed by atoms with Gasteiger partial charge in [-0.15, -0.1) is 5.10 Å². The number of hydrazone groups is 1. The second kappa shape index (κ2) is 5.20. The second-order valence-electron chi connectivity index (χ2n) is 4.47. The number of fused-ring (bicyclic) bond motifs is 1. The number of nitrogens with one attached hydrogen (secondary N) is 1. The van der Waals surface area contributed by atoms with Crippen molar-refractivity contribution in [3.63, 3.8) is 0 Å². The summed E-state index contributed by atoms with van der Waals surface area (Å²) >= 11 is 1.46. The van der Waals surface area contributed by atoms with Crippen LogP contribution in [0.1, 0.15) is 19.4 Å². The lowest BCUT2D eigenvalue weighted by Gasteiger charge is -2.19. The summed E-state index contributed by atoms with van der Waals surface area (Å²) in [5, 5.41) is 4.87. The molecule has 0 radical (unpaired) electrons. The van der Waals surface area contributed by atoms with Crippen molar-refractivity contribution >= 4 is 28.5 Å². The molecule has 0 spiro atoms. The van der Waals surface area contributed by atoms with Crippen LogP contribution in [0.25, 0.3) is 5.70 Å². The number of ether oxygens (including phenoxy) is 1. The normalized spacial score (nSPS) is 21.0. The molecule has 1 N–H and O–H groups in total. The average molecular weight is 289 g/mol. The topological polar surface area (TPSA) is 53.9 Å². The number of nitrogens with zero attached hydrogens (tertiary/aromatic N) is 2. The van der Waals surface area contributed by atoms with E-state index in [4.69, 9.17) is 4.74 Å². The number of carbonyl (C=O) groups is 1. The molecule has 0 bridgehead atoms. The van der Waals surface area contributed by atoms with Crippen molar-refractivity contribution in [3.05, 3.63) is 36.0 Å². The molecule has 2 aliphatic heterocycles. The second-order valence-corrected chi connectivity index (χ2v) is 5.78. The van der Waals surface area contributed by atoms with Gasteiger partial charge in [-0.2, -0.15) is 0 Å². The number of amidine groups is 1. The van der Waals surface area contributed by atoms with Crippen molar-refractivity contribution in [2.45, 2.75) is 19.1 Å². The SMILES string of the molecule is CCOc1ccc(C2=CN3C(=O)C(C)SC3=NN2)cc1. The van der Waals surface area contributed by atoms with E-state index in [2.05, 4.69) is 10.5 Å². The Balaban J connectivity index is 1.83. The summed E-state index contributed by atoms with van der Waals surface area (Å²) in [6.45, 7) is 4.48. The Kier molecular flexibility index (Phi) is 3.40. The number of benzene rings is 1. The number of hydrogen-bond acceptors (Lipinski definition) is 5. The number of amides is 1. The first-order valence-electron chi connectivity index (χ1n) is 6.47. The number of thioether (sulfide) groups is 1. The maximum absolute atomic E-state index is 12.0. The van der Waals surface area contributed by atoms with Crippen molar-refractivity contribution in [3.8, 4) is 5.75 Å². The third kappa shape index (κ3) is 2.27. The van der Waals surface area contributed by atoms with E-state index < -0.39 is 0 Å². The highest BCUT2D eigenvalue weighted by atomic mass is 32.2. The van der Waals surface area contributed by atoms with Crippen molar-refractivity contribution < 1.29 is 9.53 Å². The van der Waals surface area contributed by atoms with E-state index in [1.807, 2.05) is 38.1 Å². The molecule has 1 aromatic rings. The lowest BCUT2D eigenvalue weighted by molar-refractivity contribution is -0.124. The summed E-state index contributed by atoms with van der Waals surface area (Å²) in [5.41, 5.74) is 4.76. The van der Waals surface area contributed by atoms with Crippen LogP contribution in [0.3, 0.4) is 0 Å². The van der Waals surface area contributed by atoms with Crippen molar-refractivity contribution in [2.24, 2.45) is 5.10 Å². The van der Waals surface area contributed by atoms with Gasteiger partial charge in [0.2, 0.25) is 5.91 Å². The van der Waals surface area contributed by atoms with Gasteiger partial charge in [-0.25, -0.2) is 0 Å². The largest absolute Gasteiger partial charge is 0.494 e. The molecule has 1 saturated heterocycles. The zero-order chi connectivity index (χ0) is 14.1. The van der Waals surface area contributed by atoms with E-state index in [-0.39, 0.29) is 11.2 Å². The molecule has 1 fully saturated rings. The lowest BCUT2D eigenvalue weighted by Crippen LogP contribution is -2.31. The predicted octanol–water partition coefficient (Wildman–Crippen LogP) is 2.22. The Bertz CT molecular complexity index is 595. The fourth-order valence-electron chi connectivity index (χ4n) is 2.06. The van der Waals surface area contributed by atoms with Crippen molar-refractivity contribution in [2.75, 3.05) is 6.61 Å². The van der Waals surface area contributed by atoms with Crippen LogP contribution in [0.5, 0.6) is 5.75 Å². The third-order valence-corrected chi connectivity index (χ3v) is 4.13. The van der Waals surface area contributed by atoms with Crippen LogP contribution in [-0.2, 0) is 4.79 Å². The first-order valence-corrected chi connectivity index (χ1v) is 7.35. The molecule has 1 unspecified atom stereocenters. The van der Waals surface area contributed by atoms with Crippen molar-refractivity contribution in [1.29, 1.82) is 0 Å².